The fraction of sp³-hybridized carbons (Fsp3) is 0.0417. The van der Waals surface area contributed by atoms with Crippen LogP contribution in [0, 0.1) is 0 Å². The third kappa shape index (κ3) is 3.83. The van der Waals surface area contributed by atoms with Crippen molar-refractivity contribution < 1.29 is 13.2 Å². The van der Waals surface area contributed by atoms with Crippen molar-refractivity contribution in [3.8, 4) is 28.6 Å². The van der Waals surface area contributed by atoms with Crippen LogP contribution < -0.4 is 4.74 Å². The minimum atomic E-state index is -3.28. The highest BCUT2D eigenvalue weighted by molar-refractivity contribution is 7.90. The van der Waals surface area contributed by atoms with Gasteiger partial charge in [-0.25, -0.2) is 23.4 Å². The van der Waals surface area contributed by atoms with Gasteiger partial charge >= 0.3 is 0 Å². The van der Waals surface area contributed by atoms with Crippen LogP contribution in [0.25, 0.3) is 28.2 Å². The second-order valence-electron chi connectivity index (χ2n) is 7.21. The molecule has 32 heavy (non-hydrogen) atoms. The first-order valence-corrected chi connectivity index (χ1v) is 11.7. The summed E-state index contributed by atoms with van der Waals surface area (Å²) in [5, 5.41) is 0. The van der Waals surface area contributed by atoms with Crippen molar-refractivity contribution >= 4 is 21.0 Å². The average molecular weight is 443 g/mol. The van der Waals surface area contributed by atoms with Crippen molar-refractivity contribution in [2.24, 2.45) is 0 Å². The first kappa shape index (κ1) is 19.9. The number of benzene rings is 3. The smallest absolute Gasteiger partial charge is 0.175 e. The molecule has 0 N–H and O–H groups in total. The molecule has 0 saturated carbocycles. The molecule has 8 heteroatoms. The van der Waals surface area contributed by atoms with Crippen molar-refractivity contribution in [1.82, 2.24) is 19.5 Å². The van der Waals surface area contributed by atoms with Gasteiger partial charge in [0.25, 0.3) is 0 Å². The van der Waals surface area contributed by atoms with Crippen molar-refractivity contribution in [3.05, 3.63) is 91.4 Å². The van der Waals surface area contributed by atoms with E-state index in [1.54, 1.807) is 30.5 Å². The molecule has 0 atom stereocenters. The number of nitrogens with zero attached hydrogens (tertiary/aromatic N) is 4. The molecular weight excluding hydrogens is 424 g/mol. The van der Waals surface area contributed by atoms with E-state index in [0.29, 0.717) is 22.7 Å². The Balaban J connectivity index is 1.58. The quantitative estimate of drug-likeness (QED) is 0.393. The van der Waals surface area contributed by atoms with E-state index >= 15 is 0 Å². The molecule has 0 aliphatic rings. The molecule has 0 saturated heterocycles. The molecule has 7 nitrogen and oxygen atoms in total. The number of para-hydroxylation sites is 1. The second-order valence-corrected chi connectivity index (χ2v) is 9.22. The third-order valence-electron chi connectivity index (χ3n) is 4.94. The zero-order valence-electron chi connectivity index (χ0n) is 17.1. The van der Waals surface area contributed by atoms with Gasteiger partial charge in [0.15, 0.2) is 15.5 Å². The predicted octanol–water partition coefficient (Wildman–Crippen LogP) is 4.68. The summed E-state index contributed by atoms with van der Waals surface area (Å²) in [7, 11) is -3.28. The van der Waals surface area contributed by atoms with E-state index in [0.717, 1.165) is 17.0 Å². The van der Waals surface area contributed by atoms with E-state index in [9.17, 15) is 8.42 Å². The number of hydrogen-bond acceptors (Lipinski definition) is 6. The van der Waals surface area contributed by atoms with Crippen molar-refractivity contribution in [2.75, 3.05) is 6.26 Å². The standard InChI is InChI=1S/C24H18N4O3S/c1-32(29,30)21-13-7-17(8-14-21)23-27-22-15-25-16-26-24(22)28(23)18-9-11-20(12-10-18)31-19-5-3-2-4-6-19/h2-16H,1H3. The molecule has 0 fully saturated rings. The van der Waals surface area contributed by atoms with Gasteiger partial charge < -0.3 is 4.74 Å². The zero-order chi connectivity index (χ0) is 22.1. The van der Waals surface area contributed by atoms with E-state index < -0.39 is 9.84 Å². The summed E-state index contributed by atoms with van der Waals surface area (Å²) in [5.74, 6) is 2.10. The summed E-state index contributed by atoms with van der Waals surface area (Å²) in [5.41, 5.74) is 2.90. The van der Waals surface area contributed by atoms with Crippen LogP contribution in [-0.4, -0.2) is 34.2 Å². The molecule has 0 radical (unpaired) electrons. The Hall–Kier alpha value is -4.04. The highest BCUT2D eigenvalue weighted by Gasteiger charge is 2.16. The lowest BCUT2D eigenvalue weighted by atomic mass is 10.2. The van der Waals surface area contributed by atoms with Crippen molar-refractivity contribution in [2.45, 2.75) is 4.90 Å². The van der Waals surface area contributed by atoms with Crippen molar-refractivity contribution in [1.29, 1.82) is 0 Å². The molecule has 0 unspecified atom stereocenters. The minimum Gasteiger partial charge on any atom is -0.457 e. The van der Waals surface area contributed by atoms with Crippen LogP contribution >= 0.6 is 0 Å². The summed E-state index contributed by atoms with van der Waals surface area (Å²) in [4.78, 5) is 13.4. The Morgan fingerprint density at radius 3 is 2.22 bits per heavy atom. The van der Waals surface area contributed by atoms with Gasteiger partial charge in [-0.1, -0.05) is 18.2 Å². The number of rotatable bonds is 5. The number of aromatic nitrogens is 4. The molecule has 0 spiro atoms. The number of fused-ring (bicyclic) bond motifs is 1. The number of hydrogen-bond donors (Lipinski definition) is 0. The van der Waals surface area contributed by atoms with Crippen LogP contribution in [0.1, 0.15) is 0 Å². The van der Waals surface area contributed by atoms with Crippen LogP contribution in [0.15, 0.2) is 96.3 Å². The minimum absolute atomic E-state index is 0.256. The predicted molar refractivity (Wildman–Crippen MR) is 122 cm³/mol. The van der Waals surface area contributed by atoms with Gasteiger partial charge in [-0.2, -0.15) is 0 Å². The molecule has 0 aliphatic carbocycles. The van der Waals surface area contributed by atoms with E-state index in [1.165, 1.54) is 12.6 Å². The van der Waals surface area contributed by atoms with E-state index in [2.05, 4.69) is 9.97 Å². The largest absolute Gasteiger partial charge is 0.457 e. The lowest BCUT2D eigenvalue weighted by Gasteiger charge is -2.11. The maximum Gasteiger partial charge on any atom is 0.175 e. The zero-order valence-corrected chi connectivity index (χ0v) is 17.9. The number of ether oxygens (including phenoxy) is 1. The molecule has 2 heterocycles. The maximum absolute atomic E-state index is 11.8. The summed E-state index contributed by atoms with van der Waals surface area (Å²) in [6.45, 7) is 0. The molecule has 3 aromatic carbocycles. The Kier molecular flexibility index (Phi) is 4.91. The number of sulfone groups is 1. The topological polar surface area (TPSA) is 87.0 Å². The molecule has 5 rings (SSSR count). The van der Waals surface area contributed by atoms with Gasteiger partial charge in [-0.3, -0.25) is 4.57 Å². The SMILES string of the molecule is CS(=O)(=O)c1ccc(-c2nc3cncnc3n2-c2ccc(Oc3ccccc3)cc2)cc1. The molecule has 0 aliphatic heterocycles. The summed E-state index contributed by atoms with van der Waals surface area (Å²) in [6.07, 6.45) is 4.32. The van der Waals surface area contributed by atoms with Gasteiger partial charge in [-0.05, 0) is 60.7 Å². The average Bonchev–Trinajstić information content (AvgIpc) is 3.19. The lowest BCUT2D eigenvalue weighted by molar-refractivity contribution is 0.482. The highest BCUT2D eigenvalue weighted by Crippen LogP contribution is 2.29. The van der Waals surface area contributed by atoms with E-state index in [1.807, 2.05) is 59.2 Å². The fourth-order valence-corrected chi connectivity index (χ4v) is 4.04. The molecule has 0 amide bonds. The molecular formula is C24H18N4O3S. The first-order valence-electron chi connectivity index (χ1n) is 9.81. The number of imidazole rings is 1. The first-order chi connectivity index (χ1) is 15.5. The second kappa shape index (κ2) is 7.90. The van der Waals surface area contributed by atoms with Gasteiger partial charge in [0.05, 0.1) is 11.1 Å². The van der Waals surface area contributed by atoms with E-state index in [-0.39, 0.29) is 4.90 Å². The summed E-state index contributed by atoms with van der Waals surface area (Å²) < 4.78 is 31.4. The molecule has 2 aromatic heterocycles. The summed E-state index contributed by atoms with van der Waals surface area (Å²) >= 11 is 0. The van der Waals surface area contributed by atoms with Crippen LogP contribution in [0.3, 0.4) is 0 Å². The van der Waals surface area contributed by atoms with Gasteiger partial charge in [0, 0.05) is 17.5 Å². The van der Waals surface area contributed by atoms with Crippen molar-refractivity contribution in [3.63, 3.8) is 0 Å². The maximum atomic E-state index is 11.8. The lowest BCUT2D eigenvalue weighted by Crippen LogP contribution is -2.00. The van der Waals surface area contributed by atoms with Gasteiger partial charge in [0.1, 0.15) is 29.2 Å². The monoisotopic (exact) mass is 442 g/mol. The van der Waals surface area contributed by atoms with Crippen LogP contribution in [-0.2, 0) is 9.84 Å². The highest BCUT2D eigenvalue weighted by atomic mass is 32.2. The molecule has 5 aromatic rings. The van der Waals surface area contributed by atoms with Crippen LogP contribution in [0.5, 0.6) is 11.5 Å². The molecule has 0 bridgehead atoms. The van der Waals surface area contributed by atoms with Gasteiger partial charge in [0.2, 0.25) is 0 Å². The summed E-state index contributed by atoms with van der Waals surface area (Å²) in [6, 6.07) is 23.8. The Morgan fingerprint density at radius 2 is 1.53 bits per heavy atom. The Bertz CT molecular complexity index is 1500. The molecule has 158 valence electrons. The van der Waals surface area contributed by atoms with Gasteiger partial charge in [-0.15, -0.1) is 0 Å². The third-order valence-corrected chi connectivity index (χ3v) is 6.07. The normalized spacial score (nSPS) is 11.5. The van der Waals surface area contributed by atoms with Crippen LogP contribution in [0.2, 0.25) is 0 Å². The Labute approximate surface area is 184 Å². The van der Waals surface area contributed by atoms with Crippen LogP contribution in [0.4, 0.5) is 0 Å². The fourth-order valence-electron chi connectivity index (χ4n) is 3.41. The van der Waals surface area contributed by atoms with E-state index in [4.69, 9.17) is 9.72 Å². The Morgan fingerprint density at radius 1 is 0.844 bits per heavy atom.